The molecule has 46 heavy (non-hydrogen) atoms. The molecule has 4 aromatic rings. The van der Waals surface area contributed by atoms with Gasteiger partial charge in [0.2, 0.25) is 0 Å². The average Bonchev–Trinajstić information content (AvgIpc) is 3.08. The highest BCUT2D eigenvalue weighted by Gasteiger charge is 2.14. The molecule has 2 nitrogen and oxygen atoms in total. The number of unbranched alkanes of at least 4 members (excludes halogenated alkanes) is 9. The molecule has 2 unspecified atom stereocenters. The largest absolute Gasteiger partial charge is 0.399 e. The van der Waals surface area contributed by atoms with Crippen molar-refractivity contribution < 1.29 is 0 Å². The second kappa shape index (κ2) is 19.9. The first-order valence-corrected chi connectivity index (χ1v) is 18.5. The van der Waals surface area contributed by atoms with Gasteiger partial charge in [-0.2, -0.15) is 0 Å². The number of rotatable bonds is 21. The first kappa shape index (κ1) is 35.3. The molecule has 0 aliphatic carbocycles. The summed E-state index contributed by atoms with van der Waals surface area (Å²) in [7, 11) is 0. The third-order valence-corrected chi connectivity index (χ3v) is 9.78. The van der Waals surface area contributed by atoms with Crippen LogP contribution in [0.3, 0.4) is 0 Å². The molecule has 0 saturated carbocycles. The smallest absolute Gasteiger partial charge is 0.0314 e. The van der Waals surface area contributed by atoms with Gasteiger partial charge in [-0.25, -0.2) is 0 Å². The molecule has 0 aliphatic rings. The highest BCUT2D eigenvalue weighted by Crippen LogP contribution is 2.31. The van der Waals surface area contributed by atoms with E-state index in [-0.39, 0.29) is 0 Å². The molecule has 2 atom stereocenters. The lowest BCUT2D eigenvalue weighted by Gasteiger charge is -2.18. The van der Waals surface area contributed by atoms with E-state index < -0.39 is 0 Å². The fourth-order valence-electron chi connectivity index (χ4n) is 6.99. The summed E-state index contributed by atoms with van der Waals surface area (Å²) in [6, 6.07) is 35.7. The van der Waals surface area contributed by atoms with Crippen LogP contribution in [0, 0.1) is 0 Å². The molecule has 0 amide bonds. The molecular weight excluding hydrogens is 556 g/mol. The van der Waals surface area contributed by atoms with Crippen LogP contribution in [0.5, 0.6) is 0 Å². The minimum Gasteiger partial charge on any atom is -0.399 e. The van der Waals surface area contributed by atoms with Gasteiger partial charge in [0, 0.05) is 23.2 Å². The van der Waals surface area contributed by atoms with Gasteiger partial charge < -0.3 is 11.5 Å². The van der Waals surface area contributed by atoms with E-state index in [2.05, 4.69) is 86.6 Å². The van der Waals surface area contributed by atoms with Crippen molar-refractivity contribution in [2.45, 2.75) is 128 Å². The summed E-state index contributed by atoms with van der Waals surface area (Å²) in [4.78, 5) is 0. The van der Waals surface area contributed by atoms with Crippen molar-refractivity contribution in [3.05, 3.63) is 130 Å². The van der Waals surface area contributed by atoms with Crippen molar-refractivity contribution in [2.75, 3.05) is 11.5 Å². The maximum Gasteiger partial charge on any atom is 0.0314 e. The molecule has 0 bridgehead atoms. The van der Waals surface area contributed by atoms with E-state index in [1.807, 2.05) is 24.3 Å². The lowest BCUT2D eigenvalue weighted by atomic mass is 9.87. The molecule has 2 heteroatoms. The Morgan fingerprint density at radius 3 is 0.913 bits per heavy atom. The number of nitrogens with two attached hydrogens (primary N) is 2. The second-order valence-corrected chi connectivity index (χ2v) is 13.5. The zero-order chi connectivity index (χ0) is 32.4. The molecule has 4 N–H and O–H groups in total. The summed E-state index contributed by atoms with van der Waals surface area (Å²) in [6.07, 6.45) is 20.7. The number of aryl methyl sites for hydroxylation is 2. The maximum absolute atomic E-state index is 5.92. The summed E-state index contributed by atoms with van der Waals surface area (Å²) in [6.45, 7) is 4.54. The minimum atomic E-state index is 0.461. The minimum absolute atomic E-state index is 0.461. The topological polar surface area (TPSA) is 52.0 Å². The highest BCUT2D eigenvalue weighted by atomic mass is 14.5. The molecule has 4 rings (SSSR count). The van der Waals surface area contributed by atoms with Crippen LogP contribution in [0.25, 0.3) is 0 Å². The number of nitrogen functional groups attached to an aromatic ring is 2. The summed E-state index contributed by atoms with van der Waals surface area (Å²) in [5, 5.41) is 0. The predicted octanol–water partition coefficient (Wildman–Crippen LogP) is 12.4. The van der Waals surface area contributed by atoms with Crippen LogP contribution in [-0.4, -0.2) is 0 Å². The molecule has 246 valence electrons. The first-order valence-electron chi connectivity index (χ1n) is 18.5. The van der Waals surface area contributed by atoms with E-state index in [4.69, 9.17) is 11.5 Å². The van der Waals surface area contributed by atoms with E-state index >= 15 is 0 Å². The van der Waals surface area contributed by atoms with Crippen LogP contribution >= 0.6 is 0 Å². The van der Waals surface area contributed by atoms with Crippen molar-refractivity contribution in [3.8, 4) is 0 Å². The first-order chi connectivity index (χ1) is 22.6. The van der Waals surface area contributed by atoms with Gasteiger partial charge in [0.25, 0.3) is 0 Å². The Labute approximate surface area is 281 Å². The third kappa shape index (κ3) is 11.7. The Morgan fingerprint density at radius 2 is 0.630 bits per heavy atom. The van der Waals surface area contributed by atoms with Crippen molar-refractivity contribution in [2.24, 2.45) is 0 Å². The van der Waals surface area contributed by atoms with Gasteiger partial charge in [-0.05, 0) is 96.2 Å². The van der Waals surface area contributed by atoms with Crippen molar-refractivity contribution in [3.63, 3.8) is 0 Å². The SMILES string of the molecule is CCCC(c1ccc(N)cc1)c1ccc(CCCCCCCCCCCCc2ccc(C(CCC)c3ccc(N)cc3)cc2)cc1. The fraction of sp³-hybridized carbons (Fsp3) is 0.455. The average molecular weight is 617 g/mol. The maximum atomic E-state index is 5.92. The van der Waals surface area contributed by atoms with E-state index in [9.17, 15) is 0 Å². The lowest BCUT2D eigenvalue weighted by Crippen LogP contribution is -2.01. The Bertz CT molecular complexity index is 1240. The van der Waals surface area contributed by atoms with Gasteiger partial charge in [-0.1, -0.05) is 151 Å². The Kier molecular flexibility index (Phi) is 15.3. The van der Waals surface area contributed by atoms with Gasteiger partial charge in [-0.3, -0.25) is 0 Å². The van der Waals surface area contributed by atoms with Crippen molar-refractivity contribution in [1.82, 2.24) is 0 Å². The summed E-state index contributed by atoms with van der Waals surface area (Å²) < 4.78 is 0. The normalized spacial score (nSPS) is 12.7. The number of anilines is 2. The molecule has 0 fully saturated rings. The summed E-state index contributed by atoms with van der Waals surface area (Å²) >= 11 is 0. The van der Waals surface area contributed by atoms with Crippen LogP contribution in [0.2, 0.25) is 0 Å². The van der Waals surface area contributed by atoms with E-state index in [0.717, 1.165) is 11.4 Å². The molecule has 0 aromatic heterocycles. The molecule has 0 spiro atoms. The van der Waals surface area contributed by atoms with Crippen LogP contribution in [0.15, 0.2) is 97.1 Å². The zero-order valence-corrected chi connectivity index (χ0v) is 28.9. The van der Waals surface area contributed by atoms with Crippen LogP contribution in [0.4, 0.5) is 11.4 Å². The predicted molar refractivity (Wildman–Crippen MR) is 202 cm³/mol. The van der Waals surface area contributed by atoms with Crippen molar-refractivity contribution in [1.29, 1.82) is 0 Å². The van der Waals surface area contributed by atoms with E-state index in [0.29, 0.717) is 11.8 Å². The molecular formula is C44H60N2. The van der Waals surface area contributed by atoms with Crippen LogP contribution in [-0.2, 0) is 12.8 Å². The van der Waals surface area contributed by atoms with E-state index in [1.54, 1.807) is 0 Å². The van der Waals surface area contributed by atoms with Gasteiger partial charge in [-0.15, -0.1) is 0 Å². The fourth-order valence-corrected chi connectivity index (χ4v) is 6.99. The van der Waals surface area contributed by atoms with Gasteiger partial charge in [0.15, 0.2) is 0 Å². The molecule has 0 radical (unpaired) electrons. The lowest BCUT2D eigenvalue weighted by molar-refractivity contribution is 0.551. The van der Waals surface area contributed by atoms with Gasteiger partial charge in [0.1, 0.15) is 0 Å². The van der Waals surface area contributed by atoms with Gasteiger partial charge in [0.05, 0.1) is 0 Å². The van der Waals surface area contributed by atoms with Gasteiger partial charge >= 0.3 is 0 Å². The number of hydrogen-bond acceptors (Lipinski definition) is 2. The Morgan fingerprint density at radius 1 is 0.370 bits per heavy atom. The number of hydrogen-bond donors (Lipinski definition) is 2. The van der Waals surface area contributed by atoms with E-state index in [1.165, 1.54) is 136 Å². The highest BCUT2D eigenvalue weighted by molar-refractivity contribution is 5.44. The molecule has 0 aliphatic heterocycles. The molecule has 4 aromatic carbocycles. The van der Waals surface area contributed by atoms with Crippen molar-refractivity contribution >= 4 is 11.4 Å². The monoisotopic (exact) mass is 616 g/mol. The summed E-state index contributed by atoms with van der Waals surface area (Å²) in [5.74, 6) is 0.921. The second-order valence-electron chi connectivity index (χ2n) is 13.5. The third-order valence-electron chi connectivity index (χ3n) is 9.78. The Hall–Kier alpha value is -3.52. The Balaban J connectivity index is 1.03. The van der Waals surface area contributed by atoms with Crippen LogP contribution in [0.1, 0.15) is 149 Å². The quantitative estimate of drug-likeness (QED) is 0.0723. The standard InChI is InChI=1S/C44H60N2/c1-3-15-43(39-27-31-41(45)32-28-39)37-23-19-35(20-24-37)17-13-11-9-7-5-6-8-10-12-14-18-36-21-25-38(26-22-36)44(16-4-2)40-29-33-42(46)34-30-40/h19-34,43-44H,3-18,45-46H2,1-2H3. The molecule has 0 saturated heterocycles. The number of benzene rings is 4. The molecule has 0 heterocycles. The summed E-state index contributed by atoms with van der Waals surface area (Å²) in [5.41, 5.74) is 22.1. The van der Waals surface area contributed by atoms with Crippen LogP contribution < -0.4 is 11.5 Å². The zero-order valence-electron chi connectivity index (χ0n) is 28.9.